The number of thioether (sulfide) groups is 1. The molecule has 0 bridgehead atoms. The van der Waals surface area contributed by atoms with Crippen molar-refractivity contribution in [2.45, 2.75) is 38.0 Å². The molecule has 1 aliphatic rings. The Morgan fingerprint density at radius 1 is 1.34 bits per heavy atom. The molecule has 0 spiro atoms. The second-order valence-corrected chi connectivity index (χ2v) is 10.2. The lowest BCUT2D eigenvalue weighted by molar-refractivity contribution is -0.129. The molecule has 5 nitrogen and oxygen atoms in total. The van der Waals surface area contributed by atoms with E-state index in [9.17, 15) is 9.59 Å². The van der Waals surface area contributed by atoms with Crippen molar-refractivity contribution in [3.05, 3.63) is 60.9 Å². The molecule has 3 aromatic rings. The molecular formula is C21H22BrN3O2S2. The van der Waals surface area contributed by atoms with Crippen LogP contribution in [0.2, 0.25) is 0 Å². The SMILES string of the molecule is CN(Cc1ccccc1Br)C(=O)CCSCc1nc2sc3c(c2c(=O)[nH]1)CCC3. The van der Waals surface area contributed by atoms with Crippen LogP contribution in [0.4, 0.5) is 0 Å². The number of nitrogens with zero attached hydrogens (tertiary/aromatic N) is 2. The summed E-state index contributed by atoms with van der Waals surface area (Å²) in [6.07, 6.45) is 3.65. The summed E-state index contributed by atoms with van der Waals surface area (Å²) in [7, 11) is 1.83. The summed E-state index contributed by atoms with van der Waals surface area (Å²) >= 11 is 6.81. The summed E-state index contributed by atoms with van der Waals surface area (Å²) in [5.74, 6) is 2.11. The van der Waals surface area contributed by atoms with Crippen molar-refractivity contribution in [2.24, 2.45) is 0 Å². The quantitative estimate of drug-likeness (QED) is 0.493. The number of hydrogen-bond acceptors (Lipinski definition) is 5. The first-order valence-electron chi connectivity index (χ1n) is 9.61. The number of halogens is 1. The van der Waals surface area contributed by atoms with Gasteiger partial charge in [0.25, 0.3) is 5.56 Å². The van der Waals surface area contributed by atoms with Gasteiger partial charge >= 0.3 is 0 Å². The average molecular weight is 492 g/mol. The van der Waals surface area contributed by atoms with Crippen molar-refractivity contribution in [1.29, 1.82) is 0 Å². The van der Waals surface area contributed by atoms with Gasteiger partial charge in [-0.15, -0.1) is 11.3 Å². The highest BCUT2D eigenvalue weighted by Gasteiger charge is 2.21. The number of benzene rings is 1. The highest BCUT2D eigenvalue weighted by molar-refractivity contribution is 9.10. The van der Waals surface area contributed by atoms with Gasteiger partial charge < -0.3 is 9.88 Å². The zero-order chi connectivity index (χ0) is 20.4. The Kier molecular flexibility index (Phi) is 6.41. The lowest BCUT2D eigenvalue weighted by atomic mass is 10.2. The van der Waals surface area contributed by atoms with E-state index in [1.807, 2.05) is 31.3 Å². The number of nitrogens with one attached hydrogen (secondary N) is 1. The summed E-state index contributed by atoms with van der Waals surface area (Å²) in [5, 5.41) is 0.792. The summed E-state index contributed by atoms with van der Waals surface area (Å²) in [5.41, 5.74) is 2.28. The van der Waals surface area contributed by atoms with Crippen LogP contribution in [0.5, 0.6) is 0 Å². The molecule has 0 fully saturated rings. The number of amides is 1. The van der Waals surface area contributed by atoms with Crippen molar-refractivity contribution in [3.8, 4) is 0 Å². The van der Waals surface area contributed by atoms with E-state index in [0.29, 0.717) is 30.3 Å². The van der Waals surface area contributed by atoms with Crippen LogP contribution in [-0.2, 0) is 29.9 Å². The van der Waals surface area contributed by atoms with Gasteiger partial charge in [-0.1, -0.05) is 34.1 Å². The molecule has 0 unspecified atom stereocenters. The number of carbonyl (C=O) groups excluding carboxylic acids is 1. The van der Waals surface area contributed by atoms with E-state index in [-0.39, 0.29) is 11.5 Å². The van der Waals surface area contributed by atoms with Gasteiger partial charge in [0.15, 0.2) is 0 Å². The van der Waals surface area contributed by atoms with E-state index < -0.39 is 0 Å². The molecule has 152 valence electrons. The lowest BCUT2D eigenvalue weighted by Gasteiger charge is -2.18. The van der Waals surface area contributed by atoms with Gasteiger partial charge in [-0.25, -0.2) is 4.98 Å². The minimum atomic E-state index is -0.0192. The third-order valence-electron chi connectivity index (χ3n) is 5.11. The van der Waals surface area contributed by atoms with Crippen LogP contribution in [0, 0.1) is 0 Å². The third kappa shape index (κ3) is 4.59. The third-order valence-corrected chi connectivity index (χ3v) is 8.04. The number of hydrogen-bond donors (Lipinski definition) is 1. The number of thiophene rings is 1. The molecule has 2 aromatic heterocycles. The molecule has 8 heteroatoms. The van der Waals surface area contributed by atoms with Gasteiger partial charge in [-0.2, -0.15) is 11.8 Å². The first kappa shape index (κ1) is 20.6. The van der Waals surface area contributed by atoms with Crippen LogP contribution < -0.4 is 5.56 Å². The van der Waals surface area contributed by atoms with Gasteiger partial charge in [0.2, 0.25) is 5.91 Å². The van der Waals surface area contributed by atoms with Crippen LogP contribution in [-0.4, -0.2) is 33.6 Å². The Morgan fingerprint density at radius 2 is 2.17 bits per heavy atom. The molecular weight excluding hydrogens is 470 g/mol. The predicted octanol–water partition coefficient (Wildman–Crippen LogP) is 4.52. The summed E-state index contributed by atoms with van der Waals surface area (Å²) in [6, 6.07) is 7.93. The largest absolute Gasteiger partial charge is 0.341 e. The molecule has 1 aromatic carbocycles. The first-order valence-corrected chi connectivity index (χ1v) is 12.4. The second kappa shape index (κ2) is 9.02. The first-order chi connectivity index (χ1) is 14.0. The van der Waals surface area contributed by atoms with E-state index >= 15 is 0 Å². The molecule has 0 aliphatic heterocycles. The number of H-pyrrole nitrogens is 1. The van der Waals surface area contributed by atoms with Gasteiger partial charge in [-0.3, -0.25) is 9.59 Å². The second-order valence-electron chi connectivity index (χ2n) is 7.19. The maximum Gasteiger partial charge on any atom is 0.259 e. The molecule has 0 saturated heterocycles. The van der Waals surface area contributed by atoms with Crippen molar-refractivity contribution in [2.75, 3.05) is 12.8 Å². The van der Waals surface area contributed by atoms with E-state index in [0.717, 1.165) is 39.5 Å². The fourth-order valence-electron chi connectivity index (χ4n) is 3.60. The fourth-order valence-corrected chi connectivity index (χ4v) is 6.09. The molecule has 2 heterocycles. The van der Waals surface area contributed by atoms with Crippen LogP contribution in [0.3, 0.4) is 0 Å². The molecule has 0 radical (unpaired) electrons. The van der Waals surface area contributed by atoms with Crippen LogP contribution in [0.25, 0.3) is 10.2 Å². The highest BCUT2D eigenvalue weighted by Crippen LogP contribution is 2.34. The van der Waals surface area contributed by atoms with Gasteiger partial charge in [-0.05, 0) is 36.5 Å². The van der Waals surface area contributed by atoms with Gasteiger partial charge in [0.05, 0.1) is 11.1 Å². The van der Waals surface area contributed by atoms with E-state index in [1.165, 1.54) is 10.4 Å². The monoisotopic (exact) mass is 491 g/mol. The molecule has 4 rings (SSSR count). The van der Waals surface area contributed by atoms with Crippen molar-refractivity contribution in [3.63, 3.8) is 0 Å². The number of fused-ring (bicyclic) bond motifs is 3. The molecule has 1 N–H and O–H groups in total. The molecule has 0 atom stereocenters. The number of rotatable bonds is 7. The molecule has 29 heavy (non-hydrogen) atoms. The van der Waals surface area contributed by atoms with Crippen molar-refractivity contribution in [1.82, 2.24) is 14.9 Å². The van der Waals surface area contributed by atoms with Crippen LogP contribution in [0.1, 0.15) is 34.7 Å². The zero-order valence-corrected chi connectivity index (χ0v) is 19.4. The van der Waals surface area contributed by atoms with E-state index in [2.05, 4.69) is 25.9 Å². The van der Waals surface area contributed by atoms with E-state index in [4.69, 9.17) is 0 Å². The Hall–Kier alpha value is -1.64. The molecule has 1 amide bonds. The van der Waals surface area contributed by atoms with Crippen LogP contribution in [0.15, 0.2) is 33.5 Å². The summed E-state index contributed by atoms with van der Waals surface area (Å²) < 4.78 is 1.01. The fraction of sp³-hybridized carbons (Fsp3) is 0.381. The van der Waals surface area contributed by atoms with E-state index in [1.54, 1.807) is 28.0 Å². The maximum absolute atomic E-state index is 12.5. The Balaban J connectivity index is 1.30. The number of carbonyl (C=O) groups is 1. The normalized spacial score (nSPS) is 13.0. The maximum atomic E-state index is 12.5. The number of aromatic nitrogens is 2. The minimum Gasteiger partial charge on any atom is -0.341 e. The van der Waals surface area contributed by atoms with Crippen molar-refractivity contribution < 1.29 is 4.79 Å². The Bertz CT molecular complexity index is 1110. The number of aryl methyl sites for hydroxylation is 2. The smallest absolute Gasteiger partial charge is 0.259 e. The predicted molar refractivity (Wildman–Crippen MR) is 124 cm³/mol. The Labute approximate surface area is 186 Å². The topological polar surface area (TPSA) is 66.1 Å². The Morgan fingerprint density at radius 3 is 3.00 bits per heavy atom. The summed E-state index contributed by atoms with van der Waals surface area (Å²) in [4.78, 5) is 36.4. The van der Waals surface area contributed by atoms with Gasteiger partial charge in [0, 0.05) is 35.1 Å². The minimum absolute atomic E-state index is 0.0192. The average Bonchev–Trinajstić information content (AvgIpc) is 3.27. The lowest BCUT2D eigenvalue weighted by Crippen LogP contribution is -2.26. The zero-order valence-electron chi connectivity index (χ0n) is 16.2. The number of aromatic amines is 1. The van der Waals surface area contributed by atoms with Crippen LogP contribution >= 0.6 is 39.0 Å². The van der Waals surface area contributed by atoms with Gasteiger partial charge in [0.1, 0.15) is 10.7 Å². The highest BCUT2D eigenvalue weighted by atomic mass is 79.9. The molecule has 1 aliphatic carbocycles. The van der Waals surface area contributed by atoms with Crippen molar-refractivity contribution >= 4 is 55.2 Å². The summed E-state index contributed by atoms with van der Waals surface area (Å²) in [6.45, 7) is 0.583. The standard InChI is InChI=1S/C21H22BrN3O2S2/c1-25(11-13-5-2-3-7-15(13)22)18(26)9-10-28-12-17-23-20(27)19-14-6-4-8-16(14)29-21(19)24-17/h2-3,5,7H,4,6,8-12H2,1H3,(H,23,24,27). The molecule has 0 saturated carbocycles.